The first-order valence-electron chi connectivity index (χ1n) is 7.46. The highest BCUT2D eigenvalue weighted by Crippen LogP contribution is 2.23. The van der Waals surface area contributed by atoms with Gasteiger partial charge in [0.1, 0.15) is 0 Å². The van der Waals surface area contributed by atoms with Crippen LogP contribution in [0.4, 0.5) is 0 Å². The topological polar surface area (TPSA) is 68.1 Å². The fraction of sp³-hybridized carbons (Fsp3) is 0.222. The molecule has 0 atom stereocenters. The van der Waals surface area contributed by atoms with Gasteiger partial charge < -0.3 is 0 Å². The molecule has 0 heterocycles. The number of hydrogen-bond donors (Lipinski definition) is 0. The molecule has 5 nitrogen and oxygen atoms in total. The number of hydrogen-bond acceptors (Lipinski definition) is 7. The zero-order valence-corrected chi connectivity index (χ0v) is 15.0. The summed E-state index contributed by atoms with van der Waals surface area (Å²) in [6.07, 6.45) is 3.07. The maximum absolute atomic E-state index is 10.1. The van der Waals surface area contributed by atoms with Gasteiger partial charge in [-0.05, 0) is 22.3 Å². The fourth-order valence-corrected chi connectivity index (χ4v) is 3.26. The summed E-state index contributed by atoms with van der Waals surface area (Å²) < 4.78 is 5.53. The summed E-state index contributed by atoms with van der Waals surface area (Å²) in [4.78, 5) is 27.2. The number of isocyanates is 2. The zero-order valence-electron chi connectivity index (χ0n) is 13.4. The van der Waals surface area contributed by atoms with Gasteiger partial charge in [-0.2, -0.15) is 0 Å². The van der Waals surface area contributed by atoms with Gasteiger partial charge in [-0.15, -0.1) is 0 Å². The predicted octanol–water partition coefficient (Wildman–Crippen LogP) is 4.37. The lowest BCUT2D eigenvalue weighted by Crippen LogP contribution is -1.86. The van der Waals surface area contributed by atoms with Crippen LogP contribution in [-0.4, -0.2) is 12.2 Å². The Labute approximate surface area is 155 Å². The molecule has 25 heavy (non-hydrogen) atoms. The van der Waals surface area contributed by atoms with Crippen LogP contribution in [0.5, 0.6) is 0 Å². The third-order valence-electron chi connectivity index (χ3n) is 3.25. The number of aliphatic imine (C=N–C) groups is 2. The molecule has 0 aromatic heterocycles. The normalized spacial score (nSPS) is 9.92. The van der Waals surface area contributed by atoms with Crippen LogP contribution in [0.15, 0.2) is 58.5 Å². The van der Waals surface area contributed by atoms with Crippen molar-refractivity contribution in [2.75, 3.05) is 0 Å². The van der Waals surface area contributed by atoms with E-state index >= 15 is 0 Å². The van der Waals surface area contributed by atoms with E-state index in [1.807, 2.05) is 48.5 Å². The van der Waals surface area contributed by atoms with Crippen molar-refractivity contribution in [1.29, 1.82) is 0 Å². The van der Waals surface area contributed by atoms with Gasteiger partial charge in [0.15, 0.2) is 0 Å². The highest BCUT2D eigenvalue weighted by Gasteiger charge is 1.99. The second-order valence-electron chi connectivity index (χ2n) is 5.04. The summed E-state index contributed by atoms with van der Waals surface area (Å²) in [5, 5.41) is 0. The Kier molecular flexibility index (Phi) is 8.77. The fourth-order valence-electron chi connectivity index (χ4n) is 1.95. The Morgan fingerprint density at radius 3 is 1.40 bits per heavy atom. The highest BCUT2D eigenvalue weighted by atomic mass is 32.2. The zero-order chi connectivity index (χ0) is 17.7. The van der Waals surface area contributed by atoms with Crippen molar-refractivity contribution in [2.24, 2.45) is 9.98 Å². The van der Waals surface area contributed by atoms with Crippen molar-refractivity contribution >= 4 is 36.2 Å². The average Bonchev–Trinajstić information content (AvgIpc) is 2.66. The minimum Gasteiger partial charge on any atom is -0.247 e. The first-order chi connectivity index (χ1) is 12.3. The molecular formula is C18H16N2O3S2. The summed E-state index contributed by atoms with van der Waals surface area (Å²) in [6, 6.07) is 15.8. The quantitative estimate of drug-likeness (QED) is 0.268. The van der Waals surface area contributed by atoms with Gasteiger partial charge >= 0.3 is 0 Å². The van der Waals surface area contributed by atoms with Crippen molar-refractivity contribution in [3.8, 4) is 0 Å². The van der Waals surface area contributed by atoms with E-state index < -0.39 is 0 Å². The molecule has 0 unspecified atom stereocenters. The van der Waals surface area contributed by atoms with Gasteiger partial charge in [-0.1, -0.05) is 48.5 Å². The average molecular weight is 372 g/mol. The van der Waals surface area contributed by atoms with E-state index in [1.165, 1.54) is 36.2 Å². The Hall–Kier alpha value is -2.14. The minimum absolute atomic E-state index is 0.365. The van der Waals surface area contributed by atoms with Crippen LogP contribution < -0.4 is 0 Å². The Balaban J connectivity index is 1.65. The lowest BCUT2D eigenvalue weighted by Gasteiger charge is -2.04. The first-order valence-corrected chi connectivity index (χ1v) is 9.28. The third kappa shape index (κ3) is 7.52. The lowest BCUT2D eigenvalue weighted by atomic mass is 10.1. The Morgan fingerprint density at radius 1 is 0.680 bits per heavy atom. The molecule has 0 spiro atoms. The monoisotopic (exact) mass is 372 g/mol. The number of benzene rings is 2. The van der Waals surface area contributed by atoms with Gasteiger partial charge in [-0.3, -0.25) is 0 Å². The molecule has 0 amide bonds. The van der Waals surface area contributed by atoms with Gasteiger partial charge in [0.25, 0.3) is 0 Å². The van der Waals surface area contributed by atoms with Crippen LogP contribution in [-0.2, 0) is 37.8 Å². The molecule has 0 fully saturated rings. The van der Waals surface area contributed by atoms with E-state index in [9.17, 15) is 9.59 Å². The minimum atomic E-state index is 0.365. The molecule has 2 aromatic carbocycles. The predicted molar refractivity (Wildman–Crippen MR) is 100 cm³/mol. The highest BCUT2D eigenvalue weighted by molar-refractivity contribution is 8.07. The van der Waals surface area contributed by atoms with Gasteiger partial charge in [-0.25, -0.2) is 23.2 Å². The lowest BCUT2D eigenvalue weighted by molar-refractivity contribution is 0.562. The Morgan fingerprint density at radius 2 is 1.04 bits per heavy atom. The van der Waals surface area contributed by atoms with Crippen LogP contribution in [0.25, 0.3) is 0 Å². The van der Waals surface area contributed by atoms with Crippen molar-refractivity contribution in [3.05, 3.63) is 70.8 Å². The molecule has 0 radical (unpaired) electrons. The largest absolute Gasteiger partial charge is 0.247 e. The van der Waals surface area contributed by atoms with Crippen LogP contribution in [0.1, 0.15) is 22.3 Å². The van der Waals surface area contributed by atoms with E-state index in [0.29, 0.717) is 13.1 Å². The third-order valence-corrected chi connectivity index (χ3v) is 4.92. The molecule has 0 N–H and O–H groups in total. The summed E-state index contributed by atoms with van der Waals surface area (Å²) in [5.74, 6) is 1.49. The summed E-state index contributed by atoms with van der Waals surface area (Å²) in [7, 11) is 0. The van der Waals surface area contributed by atoms with Crippen LogP contribution >= 0.6 is 24.1 Å². The van der Waals surface area contributed by atoms with Gasteiger partial charge in [0.05, 0.1) is 13.1 Å². The second kappa shape index (κ2) is 11.4. The van der Waals surface area contributed by atoms with Crippen molar-refractivity contribution in [3.63, 3.8) is 0 Å². The summed E-state index contributed by atoms with van der Waals surface area (Å²) >= 11 is 2.77. The summed E-state index contributed by atoms with van der Waals surface area (Å²) in [6.45, 7) is 0.729. The van der Waals surface area contributed by atoms with Crippen molar-refractivity contribution in [2.45, 2.75) is 24.6 Å². The summed E-state index contributed by atoms with van der Waals surface area (Å²) in [5.41, 5.74) is 4.25. The van der Waals surface area contributed by atoms with E-state index in [1.54, 1.807) is 0 Å². The maximum Gasteiger partial charge on any atom is 0.235 e. The van der Waals surface area contributed by atoms with E-state index in [4.69, 9.17) is 3.63 Å². The van der Waals surface area contributed by atoms with Crippen molar-refractivity contribution < 1.29 is 13.2 Å². The van der Waals surface area contributed by atoms with E-state index in [2.05, 4.69) is 9.98 Å². The first kappa shape index (κ1) is 19.2. The molecule has 0 saturated heterocycles. The molecule has 0 aliphatic carbocycles. The SMILES string of the molecule is O=C=NCc1ccc(CSOSCc2ccc(CN=C=O)cc2)cc1. The number of rotatable bonds is 10. The molecule has 0 saturated carbocycles. The molecule has 0 bridgehead atoms. The van der Waals surface area contributed by atoms with Crippen molar-refractivity contribution in [1.82, 2.24) is 0 Å². The molecule has 0 aliphatic heterocycles. The smallest absolute Gasteiger partial charge is 0.235 e. The molecule has 7 heteroatoms. The number of carbonyl (C=O) groups excluding carboxylic acids is 2. The van der Waals surface area contributed by atoms with E-state index in [0.717, 1.165) is 33.8 Å². The second-order valence-corrected chi connectivity index (χ2v) is 6.63. The van der Waals surface area contributed by atoms with E-state index in [-0.39, 0.29) is 0 Å². The van der Waals surface area contributed by atoms with Crippen LogP contribution in [0, 0.1) is 0 Å². The molecule has 128 valence electrons. The van der Waals surface area contributed by atoms with Gasteiger partial charge in [0.2, 0.25) is 12.2 Å². The van der Waals surface area contributed by atoms with Gasteiger partial charge in [0, 0.05) is 35.6 Å². The van der Waals surface area contributed by atoms with Crippen LogP contribution in [0.2, 0.25) is 0 Å². The molecule has 2 aromatic rings. The standard InChI is InChI=1S/C18H16N2O3S2/c21-13-19-9-15-1-5-17(6-2-15)11-24-23-25-12-18-7-3-16(4-8-18)10-20-14-22/h1-8H,9-12H2. The Bertz CT molecular complexity index is 685. The van der Waals surface area contributed by atoms with Crippen LogP contribution in [0.3, 0.4) is 0 Å². The maximum atomic E-state index is 10.1. The molecule has 2 rings (SSSR count). The molecular weight excluding hydrogens is 356 g/mol. The number of nitrogens with zero attached hydrogens (tertiary/aromatic N) is 2. The molecule has 0 aliphatic rings.